The number of anilines is 1. The topological polar surface area (TPSA) is 153 Å². The highest BCUT2D eigenvalue weighted by Crippen LogP contribution is 2.25. The molecule has 0 unspecified atom stereocenters. The van der Waals surface area contributed by atoms with Crippen LogP contribution in [0.5, 0.6) is 0 Å². The number of rotatable bonds is 11. The van der Waals surface area contributed by atoms with E-state index in [0.717, 1.165) is 15.8 Å². The number of ether oxygens (including phenoxy) is 1. The minimum absolute atomic E-state index is 0.0666. The van der Waals surface area contributed by atoms with E-state index in [1.54, 1.807) is 0 Å². The van der Waals surface area contributed by atoms with Gasteiger partial charge in [0.1, 0.15) is 12.6 Å². The molecule has 1 atom stereocenters. The summed E-state index contributed by atoms with van der Waals surface area (Å²) in [5.74, 6) is -0.440. The van der Waals surface area contributed by atoms with E-state index >= 15 is 0 Å². The van der Waals surface area contributed by atoms with E-state index in [0.29, 0.717) is 18.0 Å². The van der Waals surface area contributed by atoms with Gasteiger partial charge in [-0.25, -0.2) is 19.6 Å². The number of nitrogens with one attached hydrogen (secondary N) is 3. The van der Waals surface area contributed by atoms with E-state index in [1.807, 2.05) is 54.6 Å². The first kappa shape index (κ1) is 24.6. The smallest absolute Gasteiger partial charge is 0.408 e. The van der Waals surface area contributed by atoms with Crippen molar-refractivity contribution in [1.29, 1.82) is 0 Å². The molecule has 0 fully saturated rings. The van der Waals surface area contributed by atoms with Crippen molar-refractivity contribution in [3.05, 3.63) is 60.2 Å². The van der Waals surface area contributed by atoms with Gasteiger partial charge in [0.15, 0.2) is 5.13 Å². The molecule has 0 aliphatic carbocycles. The second-order valence-electron chi connectivity index (χ2n) is 7.17. The Hall–Kier alpha value is -3.06. The molecule has 10 nitrogen and oxygen atoms in total. The first-order valence-corrected chi connectivity index (χ1v) is 12.6. The Bertz CT molecular complexity index is 1150. The van der Waals surface area contributed by atoms with Crippen molar-refractivity contribution in [2.24, 2.45) is 5.14 Å². The maximum absolute atomic E-state index is 12.9. The minimum Gasteiger partial charge on any atom is -0.445 e. The normalized spacial score (nSPS) is 12.3. The summed E-state index contributed by atoms with van der Waals surface area (Å²) < 4.78 is 30.3. The number of alkyl carbamates (subject to hydrolysis) is 1. The third kappa shape index (κ3) is 8.42. The minimum atomic E-state index is -3.77. The van der Waals surface area contributed by atoms with Crippen LogP contribution in [0.25, 0.3) is 10.2 Å². The fourth-order valence-electron chi connectivity index (χ4n) is 2.98. The Labute approximate surface area is 195 Å². The zero-order valence-corrected chi connectivity index (χ0v) is 19.3. The van der Waals surface area contributed by atoms with Crippen molar-refractivity contribution in [3.8, 4) is 0 Å². The summed E-state index contributed by atoms with van der Waals surface area (Å²) in [6.07, 6.45) is 0.427. The molecule has 5 N–H and O–H groups in total. The van der Waals surface area contributed by atoms with Crippen LogP contribution in [0, 0.1) is 0 Å². The number of para-hydroxylation sites is 1. The number of hydrogen-bond acceptors (Lipinski definition) is 7. The van der Waals surface area contributed by atoms with Crippen LogP contribution in [0.1, 0.15) is 24.8 Å². The van der Waals surface area contributed by atoms with Gasteiger partial charge in [-0.3, -0.25) is 4.79 Å². The number of nitrogens with zero attached hydrogens (tertiary/aromatic N) is 1. The van der Waals surface area contributed by atoms with Gasteiger partial charge in [-0.2, -0.15) is 8.42 Å². The average Bonchev–Trinajstić information content (AvgIpc) is 3.19. The molecule has 3 aromatic rings. The molecule has 3 rings (SSSR count). The molecular formula is C21H25N5O5S2. The van der Waals surface area contributed by atoms with Crippen LogP contribution < -0.4 is 20.5 Å². The van der Waals surface area contributed by atoms with Gasteiger partial charge in [0.25, 0.3) is 10.2 Å². The fraction of sp³-hybridized carbons (Fsp3) is 0.286. The van der Waals surface area contributed by atoms with Gasteiger partial charge in [-0.15, -0.1) is 0 Å². The maximum atomic E-state index is 12.9. The molecule has 12 heteroatoms. The van der Waals surface area contributed by atoms with Crippen molar-refractivity contribution in [1.82, 2.24) is 15.0 Å². The maximum Gasteiger partial charge on any atom is 0.408 e. The lowest BCUT2D eigenvalue weighted by molar-refractivity contribution is -0.118. The Balaban J connectivity index is 1.59. The number of nitrogens with two attached hydrogens (primary N) is 1. The van der Waals surface area contributed by atoms with Crippen LogP contribution in [0.3, 0.4) is 0 Å². The van der Waals surface area contributed by atoms with Crippen molar-refractivity contribution < 1.29 is 22.7 Å². The number of carbonyl (C=O) groups excluding carboxylic acids is 2. The van der Waals surface area contributed by atoms with Gasteiger partial charge in [0.2, 0.25) is 5.91 Å². The summed E-state index contributed by atoms with van der Waals surface area (Å²) in [4.78, 5) is 29.6. The van der Waals surface area contributed by atoms with Crippen molar-refractivity contribution in [2.45, 2.75) is 31.9 Å². The molecule has 0 spiro atoms. The standard InChI is InChI=1S/C21H25N5O5S2/c22-33(29,30)23-13-7-6-11-17(25-21(28)31-14-15-8-2-1-3-9-15)19(27)26-20-24-16-10-4-5-12-18(16)32-20/h1-5,8-10,12,17,23H,6-7,11,13-14H2,(H,25,28)(H2,22,29,30)(H,24,26,27)/t17-/m0/s1. The van der Waals surface area contributed by atoms with Crippen molar-refractivity contribution in [3.63, 3.8) is 0 Å². The van der Waals surface area contributed by atoms with Gasteiger partial charge < -0.3 is 15.4 Å². The molecule has 2 aromatic carbocycles. The predicted molar refractivity (Wildman–Crippen MR) is 127 cm³/mol. The van der Waals surface area contributed by atoms with Crippen molar-refractivity contribution >= 4 is 48.9 Å². The summed E-state index contributed by atoms with van der Waals surface area (Å²) in [5.41, 5.74) is 1.58. The molecule has 176 valence electrons. The lowest BCUT2D eigenvalue weighted by Crippen LogP contribution is -2.44. The van der Waals surface area contributed by atoms with E-state index in [9.17, 15) is 18.0 Å². The van der Waals surface area contributed by atoms with E-state index in [2.05, 4.69) is 20.3 Å². The Kier molecular flexibility index (Phi) is 8.72. The van der Waals surface area contributed by atoms with Crippen LogP contribution in [0.15, 0.2) is 54.6 Å². The van der Waals surface area contributed by atoms with E-state index in [1.165, 1.54) is 11.3 Å². The van der Waals surface area contributed by atoms with Gasteiger partial charge in [-0.05, 0) is 37.0 Å². The third-order valence-corrected chi connectivity index (χ3v) is 6.13. The van der Waals surface area contributed by atoms with E-state index in [4.69, 9.17) is 9.88 Å². The monoisotopic (exact) mass is 491 g/mol. The number of hydrogen-bond donors (Lipinski definition) is 4. The number of carbonyl (C=O) groups is 2. The second kappa shape index (κ2) is 11.7. The summed E-state index contributed by atoms with van der Waals surface area (Å²) in [7, 11) is -3.77. The summed E-state index contributed by atoms with van der Waals surface area (Å²) in [5, 5.41) is 10.7. The second-order valence-corrected chi connectivity index (χ2v) is 9.58. The van der Waals surface area contributed by atoms with Gasteiger partial charge >= 0.3 is 6.09 Å². The molecule has 33 heavy (non-hydrogen) atoms. The van der Waals surface area contributed by atoms with Crippen LogP contribution >= 0.6 is 11.3 Å². The lowest BCUT2D eigenvalue weighted by Gasteiger charge is -2.17. The highest BCUT2D eigenvalue weighted by molar-refractivity contribution is 7.87. The Morgan fingerprint density at radius 1 is 1.06 bits per heavy atom. The van der Waals surface area contributed by atoms with Crippen LogP contribution in [-0.4, -0.2) is 38.0 Å². The van der Waals surface area contributed by atoms with Crippen molar-refractivity contribution in [2.75, 3.05) is 11.9 Å². The zero-order chi connectivity index (χ0) is 23.7. The van der Waals surface area contributed by atoms with Gasteiger partial charge in [0.05, 0.1) is 10.2 Å². The number of benzene rings is 2. The predicted octanol–water partition coefficient (Wildman–Crippen LogP) is 2.49. The Morgan fingerprint density at radius 2 is 1.79 bits per heavy atom. The summed E-state index contributed by atoms with van der Waals surface area (Å²) >= 11 is 1.33. The molecule has 1 heterocycles. The number of unbranched alkanes of at least 4 members (excludes halogenated alkanes) is 1. The lowest BCUT2D eigenvalue weighted by atomic mass is 10.1. The molecule has 0 saturated carbocycles. The molecule has 0 aliphatic heterocycles. The van der Waals surface area contributed by atoms with Crippen LogP contribution in [0.2, 0.25) is 0 Å². The fourth-order valence-corrected chi connectivity index (χ4v) is 4.28. The average molecular weight is 492 g/mol. The molecule has 0 radical (unpaired) electrons. The number of amides is 2. The highest BCUT2D eigenvalue weighted by Gasteiger charge is 2.22. The SMILES string of the molecule is NS(=O)(=O)NCCCC[C@H](NC(=O)OCc1ccccc1)C(=O)Nc1nc2ccccc2s1. The quantitative estimate of drug-likeness (QED) is 0.302. The molecular weight excluding hydrogens is 466 g/mol. The summed E-state index contributed by atoms with van der Waals surface area (Å²) in [6.45, 7) is 0.195. The molecule has 1 aromatic heterocycles. The Morgan fingerprint density at radius 3 is 2.52 bits per heavy atom. The van der Waals surface area contributed by atoms with Crippen LogP contribution in [-0.2, 0) is 26.3 Å². The highest BCUT2D eigenvalue weighted by atomic mass is 32.2. The molecule has 0 bridgehead atoms. The van der Waals surface area contributed by atoms with Gasteiger partial charge in [0, 0.05) is 6.54 Å². The number of thiazole rings is 1. The van der Waals surface area contributed by atoms with Gasteiger partial charge in [-0.1, -0.05) is 53.8 Å². The third-order valence-electron chi connectivity index (χ3n) is 4.57. The largest absolute Gasteiger partial charge is 0.445 e. The number of fused-ring (bicyclic) bond motifs is 1. The number of aromatic nitrogens is 1. The molecule has 0 saturated heterocycles. The zero-order valence-electron chi connectivity index (χ0n) is 17.7. The first-order valence-electron chi connectivity index (χ1n) is 10.2. The van der Waals surface area contributed by atoms with E-state index in [-0.39, 0.29) is 19.6 Å². The first-order chi connectivity index (χ1) is 15.8. The van der Waals surface area contributed by atoms with E-state index < -0.39 is 28.3 Å². The molecule has 0 aliphatic rings. The van der Waals surface area contributed by atoms with Crippen LogP contribution in [0.4, 0.5) is 9.93 Å². The molecule has 2 amide bonds. The summed E-state index contributed by atoms with van der Waals surface area (Å²) in [6, 6.07) is 15.8.